The number of carbonyl (C=O) groups excluding carboxylic acids is 1. The molecule has 4 heteroatoms. The molecule has 1 rings (SSSR count). The summed E-state index contributed by atoms with van der Waals surface area (Å²) in [6.45, 7) is 7.92. The summed E-state index contributed by atoms with van der Waals surface area (Å²) in [5.74, 6) is 1.41. The number of nitrogens with one attached hydrogen (secondary N) is 1. The van der Waals surface area contributed by atoms with E-state index in [1.165, 1.54) is 12.8 Å². The van der Waals surface area contributed by atoms with E-state index >= 15 is 0 Å². The first-order chi connectivity index (χ1) is 9.36. The van der Waals surface area contributed by atoms with Crippen LogP contribution in [0.1, 0.15) is 52.9 Å². The SMILES string of the molecule is CC(C)CCCC(C)NC(=O)CN(C)CC1CC(O)C1. The van der Waals surface area contributed by atoms with Crippen molar-refractivity contribution in [2.75, 3.05) is 20.1 Å². The van der Waals surface area contributed by atoms with E-state index in [0.717, 1.165) is 31.7 Å². The Balaban J connectivity index is 2.09. The maximum atomic E-state index is 11.9. The molecule has 0 aromatic rings. The van der Waals surface area contributed by atoms with Gasteiger partial charge < -0.3 is 10.4 Å². The fourth-order valence-corrected chi connectivity index (χ4v) is 2.82. The minimum atomic E-state index is -0.108. The third-order valence-corrected chi connectivity index (χ3v) is 4.02. The topological polar surface area (TPSA) is 52.6 Å². The number of carbonyl (C=O) groups is 1. The fraction of sp³-hybridized carbons (Fsp3) is 0.938. The second-order valence-corrected chi connectivity index (χ2v) is 6.98. The summed E-state index contributed by atoms with van der Waals surface area (Å²) in [5.41, 5.74) is 0. The van der Waals surface area contributed by atoms with Crippen LogP contribution < -0.4 is 5.32 Å². The molecular formula is C16H32N2O2. The number of nitrogens with zero attached hydrogens (tertiary/aromatic N) is 1. The summed E-state index contributed by atoms with van der Waals surface area (Å²) in [5, 5.41) is 12.3. The molecule has 1 aliphatic carbocycles. The lowest BCUT2D eigenvalue weighted by atomic mass is 9.82. The van der Waals surface area contributed by atoms with Crippen molar-refractivity contribution in [3.8, 4) is 0 Å². The van der Waals surface area contributed by atoms with Crippen LogP contribution >= 0.6 is 0 Å². The maximum absolute atomic E-state index is 11.9. The average molecular weight is 284 g/mol. The van der Waals surface area contributed by atoms with Gasteiger partial charge in [-0.05, 0) is 45.1 Å². The molecule has 1 saturated carbocycles. The Hall–Kier alpha value is -0.610. The smallest absolute Gasteiger partial charge is 0.234 e. The zero-order chi connectivity index (χ0) is 15.1. The first-order valence-corrected chi connectivity index (χ1v) is 8.02. The predicted molar refractivity (Wildman–Crippen MR) is 82.5 cm³/mol. The number of aliphatic hydroxyl groups is 1. The van der Waals surface area contributed by atoms with Crippen molar-refractivity contribution >= 4 is 5.91 Å². The summed E-state index contributed by atoms with van der Waals surface area (Å²) < 4.78 is 0. The molecule has 1 fully saturated rings. The fourth-order valence-electron chi connectivity index (χ4n) is 2.82. The van der Waals surface area contributed by atoms with E-state index in [4.69, 9.17) is 0 Å². The zero-order valence-electron chi connectivity index (χ0n) is 13.6. The number of hydrogen-bond donors (Lipinski definition) is 2. The molecule has 20 heavy (non-hydrogen) atoms. The lowest BCUT2D eigenvalue weighted by Gasteiger charge is -2.34. The van der Waals surface area contributed by atoms with Gasteiger partial charge in [0.15, 0.2) is 0 Å². The highest BCUT2D eigenvalue weighted by atomic mass is 16.3. The van der Waals surface area contributed by atoms with Crippen molar-refractivity contribution in [3.05, 3.63) is 0 Å². The van der Waals surface area contributed by atoms with Gasteiger partial charge in [-0.25, -0.2) is 0 Å². The number of amides is 1. The molecule has 0 saturated heterocycles. The Labute approximate surface area is 123 Å². The van der Waals surface area contributed by atoms with E-state index in [-0.39, 0.29) is 18.1 Å². The van der Waals surface area contributed by atoms with Crippen molar-refractivity contribution in [1.82, 2.24) is 10.2 Å². The molecule has 1 atom stereocenters. The molecule has 1 amide bonds. The van der Waals surface area contributed by atoms with Gasteiger partial charge in [0.05, 0.1) is 12.6 Å². The molecule has 1 aliphatic rings. The number of likely N-dealkylation sites (N-methyl/N-ethyl adjacent to an activating group) is 1. The highest BCUT2D eigenvalue weighted by Gasteiger charge is 2.28. The third kappa shape index (κ3) is 7.25. The zero-order valence-corrected chi connectivity index (χ0v) is 13.6. The molecule has 1 unspecified atom stereocenters. The van der Waals surface area contributed by atoms with Crippen LogP contribution in [0.5, 0.6) is 0 Å². The Morgan fingerprint density at radius 2 is 1.95 bits per heavy atom. The van der Waals surface area contributed by atoms with Crippen LogP contribution in [0.2, 0.25) is 0 Å². The molecule has 0 aromatic heterocycles. The van der Waals surface area contributed by atoms with Crippen LogP contribution in [0.4, 0.5) is 0 Å². The molecule has 0 bridgehead atoms. The minimum absolute atomic E-state index is 0.108. The molecule has 0 aromatic carbocycles. The molecule has 2 N–H and O–H groups in total. The van der Waals surface area contributed by atoms with Gasteiger partial charge in [0.25, 0.3) is 0 Å². The van der Waals surface area contributed by atoms with Crippen LogP contribution in [0.15, 0.2) is 0 Å². The van der Waals surface area contributed by atoms with Crippen LogP contribution in [0.25, 0.3) is 0 Å². The highest BCUT2D eigenvalue weighted by Crippen LogP contribution is 2.27. The normalized spacial score (nSPS) is 23.8. The summed E-state index contributed by atoms with van der Waals surface area (Å²) in [6, 6.07) is 0.264. The second kappa shape index (κ2) is 8.63. The molecule has 4 nitrogen and oxygen atoms in total. The summed E-state index contributed by atoms with van der Waals surface area (Å²) in [6.07, 6.45) is 5.12. The highest BCUT2D eigenvalue weighted by molar-refractivity contribution is 5.78. The van der Waals surface area contributed by atoms with Crippen molar-refractivity contribution in [1.29, 1.82) is 0 Å². The van der Waals surface area contributed by atoms with Gasteiger partial charge in [0.2, 0.25) is 5.91 Å². The summed E-state index contributed by atoms with van der Waals surface area (Å²) >= 11 is 0. The Kier molecular flexibility index (Phi) is 7.52. The summed E-state index contributed by atoms with van der Waals surface area (Å²) in [4.78, 5) is 14.0. The van der Waals surface area contributed by atoms with Crippen molar-refractivity contribution < 1.29 is 9.90 Å². The first-order valence-electron chi connectivity index (χ1n) is 8.02. The average Bonchev–Trinajstić information content (AvgIpc) is 2.25. The van der Waals surface area contributed by atoms with Gasteiger partial charge in [-0.3, -0.25) is 9.69 Å². The summed E-state index contributed by atoms with van der Waals surface area (Å²) in [7, 11) is 1.98. The van der Waals surface area contributed by atoms with Gasteiger partial charge in [0.1, 0.15) is 0 Å². The number of rotatable bonds is 9. The van der Waals surface area contributed by atoms with E-state index in [2.05, 4.69) is 31.0 Å². The Morgan fingerprint density at radius 1 is 1.30 bits per heavy atom. The predicted octanol–water partition coefficient (Wildman–Crippen LogP) is 2.02. The van der Waals surface area contributed by atoms with Crippen LogP contribution in [-0.2, 0) is 4.79 Å². The molecule has 118 valence electrons. The van der Waals surface area contributed by atoms with E-state index in [1.807, 2.05) is 7.05 Å². The second-order valence-electron chi connectivity index (χ2n) is 6.98. The van der Waals surface area contributed by atoms with E-state index < -0.39 is 0 Å². The van der Waals surface area contributed by atoms with Gasteiger partial charge in [0, 0.05) is 12.6 Å². The van der Waals surface area contributed by atoms with Gasteiger partial charge in [-0.15, -0.1) is 0 Å². The monoisotopic (exact) mass is 284 g/mol. The lowest BCUT2D eigenvalue weighted by molar-refractivity contribution is -0.122. The van der Waals surface area contributed by atoms with Crippen LogP contribution in [0.3, 0.4) is 0 Å². The number of hydrogen-bond acceptors (Lipinski definition) is 3. The molecule has 0 heterocycles. The Bertz CT molecular complexity index is 288. The van der Waals surface area contributed by atoms with Crippen molar-refractivity contribution in [3.63, 3.8) is 0 Å². The quantitative estimate of drug-likeness (QED) is 0.681. The minimum Gasteiger partial charge on any atom is -0.393 e. The van der Waals surface area contributed by atoms with E-state index in [1.54, 1.807) is 0 Å². The lowest BCUT2D eigenvalue weighted by Crippen LogP contribution is -2.43. The molecule has 0 radical (unpaired) electrons. The maximum Gasteiger partial charge on any atom is 0.234 e. The standard InChI is InChI=1S/C16H32N2O2/c1-12(2)6-5-7-13(3)17-16(20)11-18(4)10-14-8-15(19)9-14/h12-15,19H,5-11H2,1-4H3,(H,17,20). The Morgan fingerprint density at radius 3 is 2.50 bits per heavy atom. The largest absolute Gasteiger partial charge is 0.393 e. The van der Waals surface area contributed by atoms with Crippen molar-refractivity contribution in [2.24, 2.45) is 11.8 Å². The van der Waals surface area contributed by atoms with Crippen LogP contribution in [0, 0.1) is 11.8 Å². The molecule has 0 spiro atoms. The van der Waals surface area contributed by atoms with Gasteiger partial charge in [-0.2, -0.15) is 0 Å². The molecular weight excluding hydrogens is 252 g/mol. The first kappa shape index (κ1) is 17.4. The van der Waals surface area contributed by atoms with Gasteiger partial charge >= 0.3 is 0 Å². The van der Waals surface area contributed by atoms with Crippen molar-refractivity contribution in [2.45, 2.75) is 65.0 Å². The van der Waals surface area contributed by atoms with E-state index in [0.29, 0.717) is 12.5 Å². The molecule has 0 aliphatic heterocycles. The van der Waals surface area contributed by atoms with Gasteiger partial charge in [-0.1, -0.05) is 26.7 Å². The van der Waals surface area contributed by atoms with E-state index in [9.17, 15) is 9.90 Å². The van der Waals surface area contributed by atoms with Crippen LogP contribution in [-0.4, -0.2) is 48.2 Å². The number of aliphatic hydroxyl groups excluding tert-OH is 1. The third-order valence-electron chi connectivity index (χ3n) is 4.02.